The highest BCUT2D eigenvalue weighted by Crippen LogP contribution is 2.29. The number of fused-ring (bicyclic) bond motifs is 1. The molecule has 2 aromatic carbocycles. The zero-order valence-electron chi connectivity index (χ0n) is 23.0. The second-order valence-corrected chi connectivity index (χ2v) is 10.7. The van der Waals surface area contributed by atoms with E-state index in [9.17, 15) is 19.5 Å². The van der Waals surface area contributed by atoms with Gasteiger partial charge in [-0.2, -0.15) is 0 Å². The first-order chi connectivity index (χ1) is 19.4. The maximum Gasteiger partial charge on any atom is 0.335 e. The number of carboxylic acid groups (broad SMARTS) is 1. The van der Waals surface area contributed by atoms with Gasteiger partial charge in [-0.1, -0.05) is 25.0 Å². The highest BCUT2D eigenvalue weighted by molar-refractivity contribution is 5.99. The first-order valence-corrected chi connectivity index (χ1v) is 14.1. The van der Waals surface area contributed by atoms with Crippen LogP contribution in [0.15, 0.2) is 42.6 Å². The summed E-state index contributed by atoms with van der Waals surface area (Å²) < 4.78 is 12.9. The zero-order chi connectivity index (χ0) is 28.1. The molecular formula is C31H37N3O6. The quantitative estimate of drug-likeness (QED) is 0.395. The van der Waals surface area contributed by atoms with Gasteiger partial charge in [0.1, 0.15) is 5.75 Å². The lowest BCUT2D eigenvalue weighted by molar-refractivity contribution is -0.135. The van der Waals surface area contributed by atoms with Crippen molar-refractivity contribution in [3.63, 3.8) is 0 Å². The predicted molar refractivity (Wildman–Crippen MR) is 151 cm³/mol. The molecule has 1 aliphatic carbocycles. The summed E-state index contributed by atoms with van der Waals surface area (Å²) in [7, 11) is 1.52. The van der Waals surface area contributed by atoms with Crippen LogP contribution in [0.5, 0.6) is 5.75 Å². The summed E-state index contributed by atoms with van der Waals surface area (Å²) in [5, 5.41) is 13.5. The van der Waals surface area contributed by atoms with E-state index in [-0.39, 0.29) is 17.4 Å². The molecule has 2 fully saturated rings. The molecule has 1 aromatic heterocycles. The molecule has 1 saturated carbocycles. The number of aromatic carboxylic acids is 1. The number of benzene rings is 2. The van der Waals surface area contributed by atoms with Crippen LogP contribution in [0.1, 0.15) is 63.9 Å². The lowest BCUT2D eigenvalue weighted by Crippen LogP contribution is -2.40. The van der Waals surface area contributed by atoms with E-state index >= 15 is 0 Å². The minimum Gasteiger partial charge on any atom is -0.496 e. The monoisotopic (exact) mass is 547 g/mol. The number of amides is 2. The van der Waals surface area contributed by atoms with E-state index in [1.54, 1.807) is 12.1 Å². The molecule has 2 aliphatic rings. The Morgan fingerprint density at radius 3 is 2.50 bits per heavy atom. The van der Waals surface area contributed by atoms with E-state index < -0.39 is 5.97 Å². The Labute approximate surface area is 234 Å². The van der Waals surface area contributed by atoms with Crippen LogP contribution in [0.2, 0.25) is 0 Å². The van der Waals surface area contributed by atoms with Crippen molar-refractivity contribution in [3.8, 4) is 5.75 Å². The fourth-order valence-electron chi connectivity index (χ4n) is 5.80. The number of morpholine rings is 1. The van der Waals surface area contributed by atoms with Gasteiger partial charge in [0.2, 0.25) is 5.91 Å². The number of carbonyl (C=O) groups is 3. The van der Waals surface area contributed by atoms with Gasteiger partial charge >= 0.3 is 5.97 Å². The molecule has 9 nitrogen and oxygen atoms in total. The Morgan fingerprint density at radius 1 is 1.02 bits per heavy atom. The first-order valence-electron chi connectivity index (χ1n) is 14.1. The van der Waals surface area contributed by atoms with Crippen molar-refractivity contribution in [1.29, 1.82) is 0 Å². The number of nitrogens with zero attached hydrogens (tertiary/aromatic N) is 2. The van der Waals surface area contributed by atoms with Crippen molar-refractivity contribution >= 4 is 28.7 Å². The second-order valence-electron chi connectivity index (χ2n) is 10.7. The molecule has 1 saturated heterocycles. The predicted octanol–water partition coefficient (Wildman–Crippen LogP) is 4.11. The van der Waals surface area contributed by atoms with Gasteiger partial charge < -0.3 is 29.4 Å². The summed E-state index contributed by atoms with van der Waals surface area (Å²) in [6.45, 7) is 3.49. The van der Waals surface area contributed by atoms with Crippen molar-refractivity contribution in [2.24, 2.45) is 5.92 Å². The van der Waals surface area contributed by atoms with Crippen LogP contribution in [0, 0.1) is 5.92 Å². The van der Waals surface area contributed by atoms with Crippen molar-refractivity contribution in [3.05, 3.63) is 64.8 Å². The number of ether oxygens (including phenoxy) is 2. The van der Waals surface area contributed by atoms with Crippen molar-refractivity contribution in [2.45, 2.75) is 45.1 Å². The van der Waals surface area contributed by atoms with Crippen LogP contribution >= 0.6 is 0 Å². The maximum absolute atomic E-state index is 13.1. The van der Waals surface area contributed by atoms with Gasteiger partial charge in [0.25, 0.3) is 5.91 Å². The largest absolute Gasteiger partial charge is 0.496 e. The SMILES string of the molecule is COc1cc(C(=O)O)ccc1Cn1cc(CCC(=O)N2CCOCC2)c2ccc(C(=O)NCC3CCCC3)cc21. The molecule has 40 heavy (non-hydrogen) atoms. The third kappa shape index (κ3) is 6.31. The van der Waals surface area contributed by atoms with E-state index in [0.717, 1.165) is 34.9 Å². The van der Waals surface area contributed by atoms with Crippen LogP contribution < -0.4 is 10.1 Å². The number of aryl methyl sites for hydroxylation is 1. The molecule has 212 valence electrons. The molecule has 0 spiro atoms. The number of methoxy groups -OCH3 is 1. The topological polar surface area (TPSA) is 110 Å². The lowest BCUT2D eigenvalue weighted by atomic mass is 10.1. The minimum absolute atomic E-state index is 0.0889. The Morgan fingerprint density at radius 2 is 1.77 bits per heavy atom. The second kappa shape index (κ2) is 12.6. The summed E-state index contributed by atoms with van der Waals surface area (Å²) in [4.78, 5) is 39.2. The number of hydrogen-bond acceptors (Lipinski definition) is 5. The number of carbonyl (C=O) groups excluding carboxylic acids is 2. The molecule has 3 aromatic rings. The van der Waals surface area contributed by atoms with Crippen molar-refractivity contribution in [2.75, 3.05) is 40.0 Å². The zero-order valence-corrected chi connectivity index (χ0v) is 23.0. The lowest BCUT2D eigenvalue weighted by Gasteiger charge is -2.26. The van der Waals surface area contributed by atoms with Gasteiger partial charge in [0, 0.05) is 54.3 Å². The Kier molecular flexibility index (Phi) is 8.69. The van der Waals surface area contributed by atoms with Crippen LogP contribution in [-0.2, 0) is 22.5 Å². The third-order valence-corrected chi connectivity index (χ3v) is 8.10. The molecule has 0 radical (unpaired) electrons. The van der Waals surface area contributed by atoms with Gasteiger partial charge in [-0.3, -0.25) is 9.59 Å². The average molecular weight is 548 g/mol. The molecular weight excluding hydrogens is 510 g/mol. The van der Waals surface area contributed by atoms with E-state index in [2.05, 4.69) is 9.88 Å². The maximum atomic E-state index is 13.1. The summed E-state index contributed by atoms with van der Waals surface area (Å²) in [6, 6.07) is 10.6. The van der Waals surface area contributed by atoms with Crippen molar-refractivity contribution in [1.82, 2.24) is 14.8 Å². The number of hydrogen-bond donors (Lipinski definition) is 2. The molecule has 1 aliphatic heterocycles. The fraction of sp³-hybridized carbons (Fsp3) is 0.452. The highest BCUT2D eigenvalue weighted by atomic mass is 16.5. The van der Waals surface area contributed by atoms with E-state index in [1.165, 1.54) is 26.0 Å². The summed E-state index contributed by atoms with van der Waals surface area (Å²) in [6.07, 6.45) is 7.78. The Bertz CT molecular complexity index is 1390. The number of aromatic nitrogens is 1. The normalized spacial score (nSPS) is 15.9. The van der Waals surface area contributed by atoms with Gasteiger partial charge in [-0.15, -0.1) is 0 Å². The molecule has 2 amide bonds. The molecule has 5 rings (SSSR count). The fourth-order valence-corrected chi connectivity index (χ4v) is 5.80. The molecule has 9 heteroatoms. The van der Waals surface area contributed by atoms with Crippen LogP contribution in [-0.4, -0.2) is 72.3 Å². The van der Waals surface area contributed by atoms with E-state index in [4.69, 9.17) is 9.47 Å². The molecule has 2 heterocycles. The average Bonchev–Trinajstić information content (AvgIpc) is 3.63. The Balaban J connectivity index is 1.42. The van der Waals surface area contributed by atoms with Crippen LogP contribution in [0.25, 0.3) is 10.9 Å². The van der Waals surface area contributed by atoms with Crippen LogP contribution in [0.4, 0.5) is 0 Å². The van der Waals surface area contributed by atoms with Crippen LogP contribution in [0.3, 0.4) is 0 Å². The third-order valence-electron chi connectivity index (χ3n) is 8.10. The molecule has 2 N–H and O–H groups in total. The van der Waals surface area contributed by atoms with E-state index in [1.807, 2.05) is 29.3 Å². The highest BCUT2D eigenvalue weighted by Gasteiger charge is 2.20. The van der Waals surface area contributed by atoms with E-state index in [0.29, 0.717) is 69.5 Å². The first kappa shape index (κ1) is 27.7. The Hall–Kier alpha value is -3.85. The van der Waals surface area contributed by atoms with Crippen molar-refractivity contribution < 1.29 is 29.0 Å². The van der Waals surface area contributed by atoms with Gasteiger partial charge in [0.05, 0.1) is 32.4 Å². The molecule has 0 unspecified atom stereocenters. The molecule has 0 bridgehead atoms. The summed E-state index contributed by atoms with van der Waals surface area (Å²) in [5.74, 6) is 0.0356. The number of rotatable bonds is 10. The summed E-state index contributed by atoms with van der Waals surface area (Å²) in [5.41, 5.74) is 3.47. The minimum atomic E-state index is -1.02. The van der Waals surface area contributed by atoms with Gasteiger partial charge in [-0.25, -0.2) is 4.79 Å². The standard InChI is InChI=1S/C31H37N3O6/c1-39-28-17-23(31(37)38)6-7-25(28)20-34-19-24(9-11-29(35)33-12-14-40-15-13-33)26-10-8-22(16-27(26)34)30(36)32-18-21-4-2-3-5-21/h6-8,10,16-17,19,21H,2-5,9,11-15,18,20H2,1H3,(H,32,36)(H,37,38). The number of nitrogens with one attached hydrogen (secondary N) is 1. The smallest absolute Gasteiger partial charge is 0.335 e. The van der Waals surface area contributed by atoms with Gasteiger partial charge in [0.15, 0.2) is 0 Å². The summed E-state index contributed by atoms with van der Waals surface area (Å²) >= 11 is 0. The van der Waals surface area contributed by atoms with Gasteiger partial charge in [-0.05, 0) is 55.0 Å². The molecule has 0 atom stereocenters. The number of carboxylic acids is 1.